The lowest BCUT2D eigenvalue weighted by atomic mass is 9.96. The first-order chi connectivity index (χ1) is 10.8. The molecule has 2 aromatic rings. The van der Waals surface area contributed by atoms with Crippen LogP contribution >= 0.6 is 11.3 Å². The van der Waals surface area contributed by atoms with Crippen LogP contribution in [0.5, 0.6) is 0 Å². The molecule has 6 nitrogen and oxygen atoms in total. The topological polar surface area (TPSA) is 71.0 Å². The fraction of sp³-hybridized carbons (Fsp3) is 0.467. The molecule has 1 aliphatic heterocycles. The largest absolute Gasteiger partial charge is 0.356 e. The first kappa shape index (κ1) is 14.9. The van der Waals surface area contributed by atoms with E-state index < -0.39 is 0 Å². The number of amides is 1. The molecular formula is C15H19N5OS. The predicted octanol–water partition coefficient (Wildman–Crippen LogP) is 1.95. The first-order valence-corrected chi connectivity index (χ1v) is 8.37. The predicted molar refractivity (Wildman–Crippen MR) is 86.8 cm³/mol. The van der Waals surface area contributed by atoms with Crippen LogP contribution < -0.4 is 10.2 Å². The van der Waals surface area contributed by atoms with Crippen LogP contribution in [0, 0.1) is 5.92 Å². The fourth-order valence-electron chi connectivity index (χ4n) is 2.59. The van der Waals surface area contributed by atoms with E-state index in [1.54, 1.807) is 17.5 Å². The van der Waals surface area contributed by atoms with E-state index in [2.05, 4.69) is 25.4 Å². The first-order valence-electron chi connectivity index (χ1n) is 7.55. The van der Waals surface area contributed by atoms with Crippen LogP contribution in [0.1, 0.15) is 19.8 Å². The molecule has 1 amide bonds. The lowest BCUT2D eigenvalue weighted by Crippen LogP contribution is -2.40. The average molecular weight is 317 g/mol. The molecule has 2 aromatic heterocycles. The van der Waals surface area contributed by atoms with Crippen molar-refractivity contribution < 1.29 is 4.79 Å². The Kier molecular flexibility index (Phi) is 4.62. The fourth-order valence-corrected chi connectivity index (χ4v) is 3.46. The van der Waals surface area contributed by atoms with Crippen molar-refractivity contribution in [1.82, 2.24) is 20.5 Å². The Morgan fingerprint density at radius 3 is 2.86 bits per heavy atom. The number of piperidine rings is 1. The molecule has 1 N–H and O–H groups in total. The number of aromatic nitrogens is 3. The summed E-state index contributed by atoms with van der Waals surface area (Å²) >= 11 is 1.55. The molecule has 1 saturated heterocycles. The zero-order valence-corrected chi connectivity index (χ0v) is 13.3. The summed E-state index contributed by atoms with van der Waals surface area (Å²) < 4.78 is 0. The van der Waals surface area contributed by atoms with Crippen molar-refractivity contribution in [3.8, 4) is 10.7 Å². The van der Waals surface area contributed by atoms with Crippen molar-refractivity contribution in [2.24, 2.45) is 5.92 Å². The van der Waals surface area contributed by atoms with Crippen molar-refractivity contribution in [3.05, 3.63) is 24.4 Å². The Hall–Kier alpha value is -2.02. The number of nitrogens with one attached hydrogen (secondary N) is 1. The Morgan fingerprint density at radius 1 is 1.36 bits per heavy atom. The van der Waals surface area contributed by atoms with Crippen LogP contribution in [-0.4, -0.2) is 40.7 Å². The highest BCUT2D eigenvalue weighted by Crippen LogP contribution is 2.30. The number of nitrogens with zero attached hydrogens (tertiary/aromatic N) is 4. The lowest BCUT2D eigenvalue weighted by molar-refractivity contribution is -0.125. The molecule has 0 aliphatic carbocycles. The number of anilines is 1. The average Bonchev–Trinajstić information content (AvgIpc) is 3.06. The second-order valence-corrected chi connectivity index (χ2v) is 6.22. The minimum Gasteiger partial charge on any atom is -0.356 e. The maximum atomic E-state index is 11.9. The third kappa shape index (κ3) is 3.24. The molecule has 116 valence electrons. The summed E-state index contributed by atoms with van der Waals surface area (Å²) in [5.41, 5.74) is 0.850. The molecule has 0 aromatic carbocycles. The van der Waals surface area contributed by atoms with E-state index in [9.17, 15) is 4.79 Å². The maximum absolute atomic E-state index is 11.9. The third-order valence-corrected chi connectivity index (χ3v) is 4.79. The van der Waals surface area contributed by atoms with Gasteiger partial charge in [0.05, 0.1) is 0 Å². The SMILES string of the molecule is CCNC(=O)C1CCN(c2nnc(-c3ccccn3)s2)CC1. The number of hydrogen-bond acceptors (Lipinski definition) is 6. The van der Waals surface area contributed by atoms with Gasteiger partial charge in [-0.1, -0.05) is 17.4 Å². The van der Waals surface area contributed by atoms with E-state index in [0.29, 0.717) is 6.54 Å². The molecule has 3 heterocycles. The summed E-state index contributed by atoms with van der Waals surface area (Å²) in [6.07, 6.45) is 3.49. The Balaban J connectivity index is 1.63. The van der Waals surface area contributed by atoms with Crippen molar-refractivity contribution in [3.63, 3.8) is 0 Å². The molecule has 1 aliphatic rings. The normalized spacial score (nSPS) is 15.8. The minimum atomic E-state index is 0.124. The van der Waals surface area contributed by atoms with E-state index in [1.165, 1.54) is 0 Å². The van der Waals surface area contributed by atoms with Crippen LogP contribution in [0.2, 0.25) is 0 Å². The van der Waals surface area contributed by atoms with Gasteiger partial charge < -0.3 is 10.2 Å². The van der Waals surface area contributed by atoms with Gasteiger partial charge in [0.2, 0.25) is 11.0 Å². The van der Waals surface area contributed by atoms with Crippen LogP contribution in [0.4, 0.5) is 5.13 Å². The van der Waals surface area contributed by atoms with Gasteiger partial charge in [-0.15, -0.1) is 10.2 Å². The standard InChI is InChI=1S/C15H19N5OS/c1-2-16-13(21)11-6-9-20(10-7-11)15-19-18-14(22-15)12-5-3-4-8-17-12/h3-5,8,11H,2,6-7,9-10H2,1H3,(H,16,21). The molecule has 0 saturated carbocycles. The number of hydrogen-bond donors (Lipinski definition) is 1. The quantitative estimate of drug-likeness (QED) is 0.933. The zero-order valence-electron chi connectivity index (χ0n) is 12.5. The van der Waals surface area contributed by atoms with Gasteiger partial charge in [0.15, 0.2) is 5.01 Å². The molecule has 0 bridgehead atoms. The van der Waals surface area contributed by atoms with Crippen molar-refractivity contribution in [2.45, 2.75) is 19.8 Å². The second-order valence-electron chi connectivity index (χ2n) is 5.26. The highest BCUT2D eigenvalue weighted by atomic mass is 32.1. The van der Waals surface area contributed by atoms with E-state index in [0.717, 1.165) is 41.8 Å². The van der Waals surface area contributed by atoms with Crippen molar-refractivity contribution >= 4 is 22.4 Å². The van der Waals surface area contributed by atoms with Gasteiger partial charge in [-0.05, 0) is 31.9 Å². The molecule has 22 heavy (non-hydrogen) atoms. The van der Waals surface area contributed by atoms with E-state index in [-0.39, 0.29) is 11.8 Å². The van der Waals surface area contributed by atoms with Crippen LogP contribution in [0.3, 0.4) is 0 Å². The Morgan fingerprint density at radius 2 is 2.18 bits per heavy atom. The summed E-state index contributed by atoms with van der Waals surface area (Å²) in [7, 11) is 0. The monoisotopic (exact) mass is 317 g/mol. The van der Waals surface area contributed by atoms with Gasteiger partial charge in [-0.3, -0.25) is 9.78 Å². The van der Waals surface area contributed by atoms with Gasteiger partial charge in [-0.25, -0.2) is 0 Å². The van der Waals surface area contributed by atoms with E-state index >= 15 is 0 Å². The highest BCUT2D eigenvalue weighted by molar-refractivity contribution is 7.18. The minimum absolute atomic E-state index is 0.124. The van der Waals surface area contributed by atoms with Gasteiger partial charge in [0.1, 0.15) is 5.69 Å². The molecule has 7 heteroatoms. The van der Waals surface area contributed by atoms with Crippen LogP contribution in [0.15, 0.2) is 24.4 Å². The number of pyridine rings is 1. The summed E-state index contributed by atoms with van der Waals surface area (Å²) in [5.74, 6) is 0.299. The summed E-state index contributed by atoms with van der Waals surface area (Å²) in [4.78, 5) is 18.4. The van der Waals surface area contributed by atoms with Gasteiger partial charge in [-0.2, -0.15) is 0 Å². The molecule has 1 fully saturated rings. The molecule has 3 rings (SSSR count). The Bertz CT molecular complexity index is 622. The molecular weight excluding hydrogens is 298 g/mol. The van der Waals surface area contributed by atoms with Crippen LogP contribution in [0.25, 0.3) is 10.7 Å². The number of carbonyl (C=O) groups is 1. The second kappa shape index (κ2) is 6.83. The Labute approximate surface area is 133 Å². The smallest absolute Gasteiger partial charge is 0.223 e. The van der Waals surface area contributed by atoms with E-state index in [4.69, 9.17) is 0 Å². The summed E-state index contributed by atoms with van der Waals surface area (Å²) in [6, 6.07) is 5.77. The lowest BCUT2D eigenvalue weighted by Gasteiger charge is -2.30. The molecule has 0 atom stereocenters. The van der Waals surface area contributed by atoms with E-state index in [1.807, 2.05) is 25.1 Å². The van der Waals surface area contributed by atoms with Crippen LogP contribution in [-0.2, 0) is 4.79 Å². The van der Waals surface area contributed by atoms with Crippen molar-refractivity contribution in [2.75, 3.05) is 24.5 Å². The summed E-state index contributed by atoms with van der Waals surface area (Å²) in [5, 5.41) is 13.2. The number of carbonyl (C=O) groups excluding carboxylic acids is 1. The van der Waals surface area contributed by atoms with Crippen molar-refractivity contribution in [1.29, 1.82) is 0 Å². The molecule has 0 unspecified atom stereocenters. The van der Waals surface area contributed by atoms with Gasteiger partial charge in [0.25, 0.3) is 0 Å². The van der Waals surface area contributed by atoms with Gasteiger partial charge >= 0.3 is 0 Å². The summed E-state index contributed by atoms with van der Waals surface area (Å²) in [6.45, 7) is 4.34. The zero-order chi connectivity index (χ0) is 15.4. The highest BCUT2D eigenvalue weighted by Gasteiger charge is 2.26. The molecule has 0 radical (unpaired) electrons. The molecule has 0 spiro atoms. The third-order valence-electron chi connectivity index (χ3n) is 3.79. The number of rotatable bonds is 4. The van der Waals surface area contributed by atoms with Gasteiger partial charge in [0, 0.05) is 31.7 Å². The maximum Gasteiger partial charge on any atom is 0.223 e.